The third-order valence-electron chi connectivity index (χ3n) is 6.92. The van der Waals surface area contributed by atoms with Crippen LogP contribution >= 0.6 is 0 Å². The number of rotatable bonds is 8. The summed E-state index contributed by atoms with van der Waals surface area (Å²) in [6.07, 6.45) is 0. The van der Waals surface area contributed by atoms with Gasteiger partial charge in [0.25, 0.3) is 0 Å². The molecular formula is C30H33N3O6. The van der Waals surface area contributed by atoms with Gasteiger partial charge in [0.2, 0.25) is 11.8 Å². The topological polar surface area (TPSA) is 131 Å². The van der Waals surface area contributed by atoms with Gasteiger partial charge in [0.15, 0.2) is 0 Å². The summed E-state index contributed by atoms with van der Waals surface area (Å²) in [7, 11) is 1.33. The van der Waals surface area contributed by atoms with E-state index in [1.54, 1.807) is 48.5 Å². The number of phenols is 1. The fourth-order valence-electron chi connectivity index (χ4n) is 4.78. The first-order valence-electron chi connectivity index (χ1n) is 12.7. The maximum absolute atomic E-state index is 13.3. The molecule has 1 saturated heterocycles. The summed E-state index contributed by atoms with van der Waals surface area (Å²) in [5.74, 6) is -0.969. The number of methoxy groups -OCH3 is 1. The van der Waals surface area contributed by atoms with E-state index in [0.29, 0.717) is 30.8 Å². The van der Waals surface area contributed by atoms with Crippen LogP contribution in [0.15, 0.2) is 60.7 Å². The highest BCUT2D eigenvalue weighted by atomic mass is 16.5. The molecule has 0 unspecified atom stereocenters. The van der Waals surface area contributed by atoms with Crippen LogP contribution in [0.1, 0.15) is 50.4 Å². The number of phenolic OH excluding ortho intramolecular Hbond substituents is 1. The van der Waals surface area contributed by atoms with Crippen molar-refractivity contribution in [2.45, 2.75) is 32.5 Å². The maximum atomic E-state index is 13.3. The molecule has 2 atom stereocenters. The summed E-state index contributed by atoms with van der Waals surface area (Å²) in [4.78, 5) is 38.6. The Bertz CT molecular complexity index is 1370. The molecule has 0 spiro atoms. The molecule has 0 saturated carbocycles. The van der Waals surface area contributed by atoms with Crippen LogP contribution in [0.2, 0.25) is 0 Å². The number of aromatic hydroxyl groups is 1. The normalized spacial score (nSPS) is 16.3. The van der Waals surface area contributed by atoms with Gasteiger partial charge in [-0.3, -0.25) is 14.5 Å². The lowest BCUT2D eigenvalue weighted by molar-refractivity contribution is -0.133. The lowest BCUT2D eigenvalue weighted by atomic mass is 9.96. The van der Waals surface area contributed by atoms with Crippen LogP contribution in [0.3, 0.4) is 0 Å². The molecule has 3 aromatic carbocycles. The molecule has 0 aliphatic carbocycles. The standard InChI is InChI=1S/C30H33N3O6/c1-18-12-23(28(31)35)8-9-26(18)24-13-20(14-25(34)15-24)16-33-10-11-39-17-27(33)29(36)32-19(2)21-4-6-22(7-5-21)30(37)38-3/h4-9,12-15,19,27,34H,10-11,16-17H2,1-3H3,(H2,31,35)(H,32,36)/t19-,27-/m0/s1. The second-order valence-corrected chi connectivity index (χ2v) is 9.69. The van der Waals surface area contributed by atoms with Crippen molar-refractivity contribution >= 4 is 17.8 Å². The molecule has 9 heteroatoms. The van der Waals surface area contributed by atoms with Crippen molar-refractivity contribution in [2.75, 3.05) is 26.9 Å². The van der Waals surface area contributed by atoms with Crippen LogP contribution in [0, 0.1) is 6.92 Å². The van der Waals surface area contributed by atoms with Gasteiger partial charge in [-0.1, -0.05) is 18.2 Å². The molecule has 0 bridgehead atoms. The first-order valence-corrected chi connectivity index (χ1v) is 12.7. The van der Waals surface area contributed by atoms with Gasteiger partial charge in [-0.05, 0) is 84.1 Å². The number of nitrogens with two attached hydrogens (primary N) is 1. The molecule has 0 aromatic heterocycles. The molecule has 1 aliphatic rings. The predicted octanol–water partition coefficient (Wildman–Crippen LogP) is 3.33. The second-order valence-electron chi connectivity index (χ2n) is 9.69. The van der Waals surface area contributed by atoms with Crippen molar-refractivity contribution in [1.82, 2.24) is 10.2 Å². The molecular weight excluding hydrogens is 498 g/mol. The Balaban J connectivity index is 1.49. The second kappa shape index (κ2) is 12.1. The minimum absolute atomic E-state index is 0.110. The van der Waals surface area contributed by atoms with Crippen LogP contribution in [0.25, 0.3) is 11.1 Å². The van der Waals surface area contributed by atoms with Crippen molar-refractivity contribution in [3.63, 3.8) is 0 Å². The van der Waals surface area contributed by atoms with Crippen molar-refractivity contribution in [3.05, 3.63) is 88.5 Å². The average molecular weight is 532 g/mol. The Kier molecular flexibility index (Phi) is 8.63. The lowest BCUT2D eigenvalue weighted by Crippen LogP contribution is -2.53. The summed E-state index contributed by atoms with van der Waals surface area (Å²) in [5.41, 5.74) is 10.5. The van der Waals surface area contributed by atoms with Crippen molar-refractivity contribution < 1.29 is 29.0 Å². The van der Waals surface area contributed by atoms with Gasteiger partial charge in [0, 0.05) is 18.7 Å². The first-order chi connectivity index (χ1) is 18.7. The SMILES string of the molecule is COC(=O)c1ccc([C@H](C)NC(=O)[C@@H]2COCCN2Cc2cc(O)cc(-c3ccc(C(N)=O)cc3C)c2)cc1. The zero-order valence-corrected chi connectivity index (χ0v) is 22.3. The fourth-order valence-corrected chi connectivity index (χ4v) is 4.78. The van der Waals surface area contributed by atoms with Gasteiger partial charge in [0.1, 0.15) is 11.8 Å². The van der Waals surface area contributed by atoms with Crippen LogP contribution in [-0.4, -0.2) is 60.7 Å². The number of ether oxygens (including phenoxy) is 2. The summed E-state index contributed by atoms with van der Waals surface area (Å²) >= 11 is 0. The molecule has 1 fully saturated rings. The number of carbonyl (C=O) groups excluding carboxylic acids is 3. The van der Waals surface area contributed by atoms with Crippen molar-refractivity contribution in [2.24, 2.45) is 5.73 Å². The largest absolute Gasteiger partial charge is 0.508 e. The van der Waals surface area contributed by atoms with E-state index < -0.39 is 17.9 Å². The third-order valence-corrected chi connectivity index (χ3v) is 6.92. The number of aryl methyl sites for hydroxylation is 1. The molecule has 0 radical (unpaired) electrons. The molecule has 2 amide bonds. The quantitative estimate of drug-likeness (QED) is 0.380. The van der Waals surface area contributed by atoms with E-state index in [-0.39, 0.29) is 24.3 Å². The Hall–Kier alpha value is -4.21. The van der Waals surface area contributed by atoms with Crippen LogP contribution < -0.4 is 11.1 Å². The number of esters is 1. The number of amides is 2. The number of benzene rings is 3. The van der Waals surface area contributed by atoms with E-state index >= 15 is 0 Å². The third kappa shape index (κ3) is 6.63. The predicted molar refractivity (Wildman–Crippen MR) is 146 cm³/mol. The lowest BCUT2D eigenvalue weighted by Gasteiger charge is -2.35. The Morgan fingerprint density at radius 1 is 1.10 bits per heavy atom. The number of carbonyl (C=O) groups is 3. The number of primary amides is 1. The molecule has 3 aromatic rings. The molecule has 1 aliphatic heterocycles. The summed E-state index contributed by atoms with van der Waals surface area (Å²) in [6.45, 7) is 5.50. The smallest absolute Gasteiger partial charge is 0.337 e. The van der Waals surface area contributed by atoms with Gasteiger partial charge < -0.3 is 25.6 Å². The van der Waals surface area contributed by atoms with E-state index in [2.05, 4.69) is 5.32 Å². The molecule has 4 N–H and O–H groups in total. The monoisotopic (exact) mass is 531 g/mol. The number of nitrogens with one attached hydrogen (secondary N) is 1. The van der Waals surface area contributed by atoms with E-state index in [4.69, 9.17) is 15.2 Å². The zero-order valence-electron chi connectivity index (χ0n) is 22.3. The van der Waals surface area contributed by atoms with Gasteiger partial charge >= 0.3 is 5.97 Å². The van der Waals surface area contributed by atoms with Gasteiger partial charge in [0.05, 0.1) is 31.9 Å². The van der Waals surface area contributed by atoms with E-state index in [1.807, 2.05) is 30.9 Å². The van der Waals surface area contributed by atoms with Crippen LogP contribution in [-0.2, 0) is 20.8 Å². The van der Waals surface area contributed by atoms with Gasteiger partial charge in [-0.15, -0.1) is 0 Å². The molecule has 39 heavy (non-hydrogen) atoms. The molecule has 204 valence electrons. The number of nitrogens with zero attached hydrogens (tertiary/aromatic N) is 1. The Morgan fingerprint density at radius 3 is 2.49 bits per heavy atom. The highest BCUT2D eigenvalue weighted by Gasteiger charge is 2.30. The molecule has 9 nitrogen and oxygen atoms in total. The maximum Gasteiger partial charge on any atom is 0.337 e. The van der Waals surface area contributed by atoms with E-state index in [0.717, 1.165) is 27.8 Å². The Morgan fingerprint density at radius 2 is 1.82 bits per heavy atom. The minimum atomic E-state index is -0.516. The van der Waals surface area contributed by atoms with Crippen molar-refractivity contribution in [1.29, 1.82) is 0 Å². The number of hydrogen-bond acceptors (Lipinski definition) is 7. The summed E-state index contributed by atoms with van der Waals surface area (Å²) < 4.78 is 10.4. The van der Waals surface area contributed by atoms with E-state index in [1.165, 1.54) is 7.11 Å². The van der Waals surface area contributed by atoms with Crippen LogP contribution in [0.4, 0.5) is 0 Å². The van der Waals surface area contributed by atoms with E-state index in [9.17, 15) is 19.5 Å². The highest BCUT2D eigenvalue weighted by molar-refractivity contribution is 5.93. The van der Waals surface area contributed by atoms with Gasteiger partial charge in [-0.2, -0.15) is 0 Å². The minimum Gasteiger partial charge on any atom is -0.508 e. The number of hydrogen-bond donors (Lipinski definition) is 3. The molecule has 1 heterocycles. The van der Waals surface area contributed by atoms with Crippen LogP contribution in [0.5, 0.6) is 5.75 Å². The van der Waals surface area contributed by atoms with Gasteiger partial charge in [-0.25, -0.2) is 4.79 Å². The fraction of sp³-hybridized carbons (Fsp3) is 0.300. The van der Waals surface area contributed by atoms with Crippen molar-refractivity contribution in [3.8, 4) is 16.9 Å². The average Bonchev–Trinajstić information content (AvgIpc) is 2.92. The zero-order chi connectivity index (χ0) is 28.1. The molecule has 4 rings (SSSR count). The highest BCUT2D eigenvalue weighted by Crippen LogP contribution is 2.30. The summed E-state index contributed by atoms with van der Waals surface area (Å²) in [5, 5.41) is 13.5. The number of morpholine rings is 1. The first kappa shape index (κ1) is 27.8. The summed E-state index contributed by atoms with van der Waals surface area (Å²) in [6, 6.07) is 16.7. The Labute approximate surface area is 227 Å².